The van der Waals surface area contributed by atoms with Gasteiger partial charge in [-0.3, -0.25) is 37.4 Å². The molecule has 2 aliphatic heterocycles. The summed E-state index contributed by atoms with van der Waals surface area (Å²) in [5.74, 6) is -1.24. The first-order valence-corrected chi connectivity index (χ1v) is 24.5. The molecule has 0 spiro atoms. The van der Waals surface area contributed by atoms with Crippen LogP contribution in [0.25, 0.3) is 11.4 Å². The summed E-state index contributed by atoms with van der Waals surface area (Å²) in [4.78, 5) is 76.3. The first-order chi connectivity index (χ1) is 32.6. The Morgan fingerprint density at radius 3 is 1.66 bits per heavy atom. The second-order valence-electron chi connectivity index (χ2n) is 18.7. The smallest absolute Gasteiger partial charge is 0.333 e. The van der Waals surface area contributed by atoms with Gasteiger partial charge in [0.25, 0.3) is 11.8 Å². The minimum Gasteiger partial charge on any atom is -0.388 e. The van der Waals surface area contributed by atoms with E-state index in [1.807, 2.05) is 0 Å². The lowest BCUT2D eigenvalue weighted by atomic mass is 9.94. The van der Waals surface area contributed by atoms with Gasteiger partial charge in [-0.1, -0.05) is 74.6 Å². The van der Waals surface area contributed by atoms with Crippen molar-refractivity contribution >= 4 is 46.8 Å². The Bertz CT molecular complexity index is 2540. The number of halogens is 2. The third kappa shape index (κ3) is 13.1. The summed E-state index contributed by atoms with van der Waals surface area (Å²) >= 11 is 12.6. The van der Waals surface area contributed by atoms with Crippen LogP contribution in [0.4, 0.5) is 0 Å². The first kappa shape index (κ1) is 50.6. The molecule has 0 bridgehead atoms. The van der Waals surface area contributed by atoms with E-state index in [4.69, 9.17) is 23.2 Å². The lowest BCUT2D eigenvalue weighted by Crippen LogP contribution is -2.57. The van der Waals surface area contributed by atoms with Gasteiger partial charge in [0.05, 0.1) is 49.8 Å². The zero-order valence-corrected chi connectivity index (χ0v) is 40.1. The Morgan fingerprint density at radius 2 is 1.16 bits per heavy atom. The van der Waals surface area contributed by atoms with Crippen LogP contribution in [0, 0.1) is 6.92 Å². The number of carbonyl (C=O) groups excluding carboxylic acids is 4. The molecule has 68 heavy (non-hydrogen) atoms. The molecule has 8 N–H and O–H groups in total. The van der Waals surface area contributed by atoms with Gasteiger partial charge in [-0.05, 0) is 82.0 Å². The average molecular weight is 980 g/mol. The second-order valence-corrected chi connectivity index (χ2v) is 19.6. The molecule has 1 atom stereocenters. The number of hydrogen-bond donors (Lipinski definition) is 8. The van der Waals surface area contributed by atoms with Crippen molar-refractivity contribution in [1.82, 2.24) is 50.2 Å². The Balaban J connectivity index is 0.000000202. The summed E-state index contributed by atoms with van der Waals surface area (Å²) < 4.78 is 5.50. The second kappa shape index (κ2) is 22.9. The van der Waals surface area contributed by atoms with Crippen molar-refractivity contribution in [2.24, 2.45) is 0 Å². The van der Waals surface area contributed by atoms with E-state index in [-0.39, 0.29) is 76.9 Å². The van der Waals surface area contributed by atoms with Gasteiger partial charge in [-0.25, -0.2) is 9.59 Å². The predicted octanol–water partition coefficient (Wildman–Crippen LogP) is 3.09. The highest BCUT2D eigenvalue weighted by Gasteiger charge is 2.31. The molecule has 368 valence electrons. The fraction of sp³-hybridized carbons (Fsp3) is 0.542. The largest absolute Gasteiger partial charge is 0.388 e. The highest BCUT2D eigenvalue weighted by atomic mass is 35.5. The van der Waals surface area contributed by atoms with Crippen LogP contribution in [-0.4, -0.2) is 115 Å². The number of amides is 4. The van der Waals surface area contributed by atoms with E-state index in [0.717, 1.165) is 84.0 Å². The van der Waals surface area contributed by atoms with Crippen LogP contribution in [0.3, 0.4) is 0 Å². The number of benzene rings is 2. The molecule has 18 nitrogen and oxygen atoms in total. The fourth-order valence-corrected chi connectivity index (χ4v) is 9.60. The molecule has 20 heteroatoms. The lowest BCUT2D eigenvalue weighted by molar-refractivity contribution is -0.123. The average Bonchev–Trinajstić information content (AvgIpc) is 3.90. The Hall–Kier alpha value is -5.24. The molecule has 2 saturated carbocycles. The number of hydrogen-bond acceptors (Lipinski definition) is 10. The Labute approximate surface area is 405 Å². The number of aliphatic hydroxyl groups is 2. The van der Waals surface area contributed by atoms with Crippen molar-refractivity contribution in [2.75, 3.05) is 39.3 Å². The van der Waals surface area contributed by atoms with Crippen molar-refractivity contribution < 1.29 is 29.4 Å². The number of nitrogens with one attached hydrogen (secondary N) is 6. The molecule has 4 amide bonds. The molecule has 2 aliphatic carbocycles. The van der Waals surface area contributed by atoms with E-state index in [2.05, 4.69) is 31.9 Å². The third-order valence-corrected chi connectivity index (χ3v) is 14.0. The summed E-state index contributed by atoms with van der Waals surface area (Å²) in [7, 11) is 0. The number of aryl methyl sites for hydroxylation is 1. The molecule has 4 aromatic rings. The predicted molar refractivity (Wildman–Crippen MR) is 259 cm³/mol. The standard InChI is InChI=1S/C25H34ClN5O4.C23H30ClN5O4/c1-17-14-31(24(34)30(17)15-22(32)29-18-8-11-27-13-18)19-6-7-21(26)20(12-19)23(33)28-16-25(35)9-4-2-3-5-10-25;24-19-6-5-17(11-18(19)21(31)26-15-23(33)7-3-1-2-4-8-23)29-10-9-28(22(29)32)14-20(30)27-16-12-25-13-16/h6-7,12,14,18,27,35H,2-5,8-11,13,15-16H2,1H3,(H,28,33)(H,29,32);5-6,9-11,16,25,33H,1-4,7-8,12-15H2,(H,26,31)(H,27,30). The zero-order valence-electron chi connectivity index (χ0n) is 38.6. The summed E-state index contributed by atoms with van der Waals surface area (Å²) in [6, 6.07) is 9.72. The van der Waals surface area contributed by atoms with Crippen LogP contribution >= 0.6 is 23.2 Å². The van der Waals surface area contributed by atoms with E-state index in [1.165, 1.54) is 24.5 Å². The van der Waals surface area contributed by atoms with Crippen molar-refractivity contribution in [1.29, 1.82) is 0 Å². The Kier molecular flexibility index (Phi) is 17.1. The number of nitrogens with zero attached hydrogens (tertiary/aromatic N) is 4. The number of imidazole rings is 2. The van der Waals surface area contributed by atoms with Gasteiger partial charge in [0.2, 0.25) is 11.8 Å². The molecule has 2 aromatic carbocycles. The number of carbonyl (C=O) groups is 4. The summed E-state index contributed by atoms with van der Waals surface area (Å²) in [6.45, 7) is 4.99. The van der Waals surface area contributed by atoms with E-state index < -0.39 is 28.7 Å². The van der Waals surface area contributed by atoms with Gasteiger partial charge in [0, 0.05) is 63.1 Å². The topological polar surface area (TPSA) is 235 Å². The fourth-order valence-electron chi connectivity index (χ4n) is 9.19. The quantitative estimate of drug-likeness (QED) is 0.0861. The SMILES string of the molecule is Cc1cn(-c2ccc(Cl)c(C(=O)NCC3(O)CCCCCC3)c2)c(=O)n1CC(=O)NC1CCNC1.O=C(Cn1ccn(-c2ccc(Cl)c(C(=O)NCC3(O)CCCCCC3)c2)c1=O)NC1CNC1. The minimum atomic E-state index is -0.906. The third-order valence-electron chi connectivity index (χ3n) is 13.4. The highest BCUT2D eigenvalue weighted by molar-refractivity contribution is 6.34. The molecule has 4 heterocycles. The van der Waals surface area contributed by atoms with E-state index in [0.29, 0.717) is 42.8 Å². The van der Waals surface area contributed by atoms with Crippen LogP contribution in [0.1, 0.15) is 110 Å². The van der Waals surface area contributed by atoms with Gasteiger partial charge in [-0.15, -0.1) is 0 Å². The van der Waals surface area contributed by atoms with Crippen molar-refractivity contribution in [3.63, 3.8) is 0 Å². The van der Waals surface area contributed by atoms with Gasteiger partial charge < -0.3 is 42.1 Å². The summed E-state index contributed by atoms with van der Waals surface area (Å²) in [5.41, 5.74) is -0.554. The van der Waals surface area contributed by atoms with Crippen LogP contribution in [0.5, 0.6) is 0 Å². The zero-order chi connectivity index (χ0) is 48.4. The van der Waals surface area contributed by atoms with Gasteiger partial charge in [0.1, 0.15) is 13.1 Å². The van der Waals surface area contributed by atoms with E-state index in [9.17, 15) is 39.0 Å². The van der Waals surface area contributed by atoms with Crippen molar-refractivity contribution in [3.05, 3.63) is 103 Å². The van der Waals surface area contributed by atoms with Gasteiger partial charge >= 0.3 is 11.4 Å². The molecule has 8 rings (SSSR count). The maximum Gasteiger partial charge on any atom is 0.333 e. The highest BCUT2D eigenvalue weighted by Crippen LogP contribution is 2.28. The number of aromatic nitrogens is 4. The van der Waals surface area contributed by atoms with Crippen molar-refractivity contribution in [2.45, 2.75) is 127 Å². The van der Waals surface area contributed by atoms with Crippen LogP contribution in [0.15, 0.2) is 64.6 Å². The monoisotopic (exact) mass is 978 g/mol. The number of rotatable bonds is 14. The Morgan fingerprint density at radius 1 is 0.662 bits per heavy atom. The van der Waals surface area contributed by atoms with Crippen molar-refractivity contribution in [3.8, 4) is 11.4 Å². The van der Waals surface area contributed by atoms with E-state index >= 15 is 0 Å². The van der Waals surface area contributed by atoms with Crippen LogP contribution in [0.2, 0.25) is 10.0 Å². The maximum absolute atomic E-state index is 13.1. The lowest BCUT2D eigenvalue weighted by Gasteiger charge is -2.27. The first-order valence-electron chi connectivity index (χ1n) is 23.8. The maximum atomic E-state index is 13.1. The molecule has 4 aliphatic rings. The molecule has 4 fully saturated rings. The van der Waals surface area contributed by atoms with E-state index in [1.54, 1.807) is 55.7 Å². The van der Waals surface area contributed by atoms with Gasteiger partial charge in [0.15, 0.2) is 0 Å². The minimum absolute atomic E-state index is 0.0757. The normalized spacial score (nSPS) is 19.0. The summed E-state index contributed by atoms with van der Waals surface area (Å²) in [5, 5.41) is 39.9. The van der Waals surface area contributed by atoms with Gasteiger partial charge in [-0.2, -0.15) is 0 Å². The molecule has 1 unspecified atom stereocenters. The molecule has 2 aromatic heterocycles. The molecule has 2 saturated heterocycles. The van der Waals surface area contributed by atoms with Crippen LogP contribution < -0.4 is 43.3 Å². The van der Waals surface area contributed by atoms with Crippen LogP contribution in [-0.2, 0) is 22.7 Å². The molecular weight excluding hydrogens is 915 g/mol. The molecule has 0 radical (unpaired) electrons. The molecular formula is C48H64Cl2N10O8. The summed E-state index contributed by atoms with van der Waals surface area (Å²) in [6.07, 6.45) is 16.4.